The van der Waals surface area contributed by atoms with Crippen molar-refractivity contribution < 1.29 is 24.1 Å². The molecule has 1 saturated heterocycles. The minimum absolute atomic E-state index is 0.0555. The maximum atomic E-state index is 10.9. The van der Waals surface area contributed by atoms with Gasteiger partial charge in [0, 0.05) is 6.61 Å². The van der Waals surface area contributed by atoms with Crippen LogP contribution in [0.1, 0.15) is 23.2 Å². The molecule has 104 valence electrons. The smallest absolute Gasteiger partial charge is 0.335 e. The molecule has 1 fully saturated rings. The fraction of sp³-hybridized carbons (Fsp3) is 0.462. The third-order valence-corrected chi connectivity index (χ3v) is 3.19. The van der Waals surface area contributed by atoms with E-state index in [4.69, 9.17) is 30.9 Å². The van der Waals surface area contributed by atoms with E-state index in [1.54, 1.807) is 0 Å². The van der Waals surface area contributed by atoms with Gasteiger partial charge in [-0.3, -0.25) is 0 Å². The molecule has 0 aliphatic carbocycles. The number of carboxylic acid groups (broad SMARTS) is 1. The van der Waals surface area contributed by atoms with Crippen molar-refractivity contribution in [3.05, 3.63) is 22.7 Å². The van der Waals surface area contributed by atoms with E-state index in [1.807, 2.05) is 0 Å². The third kappa shape index (κ3) is 3.30. The fourth-order valence-electron chi connectivity index (χ4n) is 1.94. The molecule has 1 heterocycles. The molecule has 0 amide bonds. The molecule has 1 unspecified atom stereocenters. The Hall–Kier alpha value is -1.46. The Kier molecular flexibility index (Phi) is 4.50. The van der Waals surface area contributed by atoms with Crippen molar-refractivity contribution in [1.82, 2.24) is 0 Å². The van der Waals surface area contributed by atoms with Crippen LogP contribution in [0.25, 0.3) is 0 Å². The first-order valence-electron chi connectivity index (χ1n) is 5.97. The number of halogens is 1. The van der Waals surface area contributed by atoms with Gasteiger partial charge in [-0.05, 0) is 25.0 Å². The molecule has 5 nitrogen and oxygen atoms in total. The molecule has 1 atom stereocenters. The van der Waals surface area contributed by atoms with Crippen LogP contribution < -0.4 is 9.47 Å². The first kappa shape index (κ1) is 14.0. The maximum Gasteiger partial charge on any atom is 0.335 e. The number of benzene rings is 1. The zero-order valence-electron chi connectivity index (χ0n) is 10.5. The molecule has 1 aromatic rings. The molecule has 0 radical (unpaired) electrons. The van der Waals surface area contributed by atoms with E-state index < -0.39 is 5.97 Å². The summed E-state index contributed by atoms with van der Waals surface area (Å²) in [5, 5.41) is 9.16. The summed E-state index contributed by atoms with van der Waals surface area (Å²) >= 11 is 6.03. The monoisotopic (exact) mass is 286 g/mol. The summed E-state index contributed by atoms with van der Waals surface area (Å²) in [6.07, 6.45) is 2.03. The van der Waals surface area contributed by atoms with Crippen LogP contribution in [0.2, 0.25) is 5.02 Å². The Morgan fingerprint density at radius 3 is 2.95 bits per heavy atom. The number of ether oxygens (including phenoxy) is 3. The molecule has 2 rings (SSSR count). The topological polar surface area (TPSA) is 65.0 Å². The summed E-state index contributed by atoms with van der Waals surface area (Å²) in [4.78, 5) is 10.9. The van der Waals surface area contributed by atoms with E-state index in [-0.39, 0.29) is 16.7 Å². The van der Waals surface area contributed by atoms with Gasteiger partial charge in [0.25, 0.3) is 0 Å². The van der Waals surface area contributed by atoms with Gasteiger partial charge < -0.3 is 19.3 Å². The van der Waals surface area contributed by atoms with Gasteiger partial charge in [0.15, 0.2) is 11.5 Å². The highest BCUT2D eigenvalue weighted by atomic mass is 35.5. The van der Waals surface area contributed by atoms with Crippen LogP contribution >= 0.6 is 11.6 Å². The van der Waals surface area contributed by atoms with Crippen LogP contribution in [-0.2, 0) is 4.74 Å². The van der Waals surface area contributed by atoms with E-state index in [0.717, 1.165) is 19.4 Å². The molecule has 0 spiro atoms. The lowest BCUT2D eigenvalue weighted by atomic mass is 10.2. The van der Waals surface area contributed by atoms with Gasteiger partial charge in [0.2, 0.25) is 0 Å². The fourth-order valence-corrected chi connectivity index (χ4v) is 2.20. The lowest BCUT2D eigenvalue weighted by molar-refractivity contribution is 0.0665. The number of carboxylic acids is 1. The Balaban J connectivity index is 2.16. The van der Waals surface area contributed by atoms with E-state index in [1.165, 1.54) is 19.2 Å². The highest BCUT2D eigenvalue weighted by Gasteiger charge is 2.20. The quantitative estimate of drug-likeness (QED) is 0.901. The first-order chi connectivity index (χ1) is 9.11. The van der Waals surface area contributed by atoms with E-state index in [2.05, 4.69) is 0 Å². The largest absolute Gasteiger partial charge is 0.493 e. The summed E-state index contributed by atoms with van der Waals surface area (Å²) in [7, 11) is 1.44. The second kappa shape index (κ2) is 6.12. The summed E-state index contributed by atoms with van der Waals surface area (Å²) in [5.74, 6) is -0.404. The van der Waals surface area contributed by atoms with Gasteiger partial charge >= 0.3 is 5.97 Å². The molecule has 6 heteroatoms. The number of rotatable bonds is 5. The average Bonchev–Trinajstić information content (AvgIpc) is 2.89. The Morgan fingerprint density at radius 1 is 1.58 bits per heavy atom. The van der Waals surface area contributed by atoms with Crippen LogP contribution in [0.15, 0.2) is 12.1 Å². The maximum absolute atomic E-state index is 10.9. The molecule has 1 aliphatic rings. The summed E-state index contributed by atoms with van der Waals surface area (Å²) in [5.41, 5.74) is 0.0614. The Labute approximate surface area is 116 Å². The Bertz CT molecular complexity index is 468. The van der Waals surface area contributed by atoms with Crippen LogP contribution in [0.3, 0.4) is 0 Å². The average molecular weight is 287 g/mol. The van der Waals surface area contributed by atoms with Crippen LogP contribution in [0, 0.1) is 0 Å². The number of carbonyl (C=O) groups is 1. The zero-order chi connectivity index (χ0) is 13.8. The van der Waals surface area contributed by atoms with Crippen molar-refractivity contribution in [1.29, 1.82) is 0 Å². The van der Waals surface area contributed by atoms with Crippen molar-refractivity contribution >= 4 is 17.6 Å². The van der Waals surface area contributed by atoms with Crippen molar-refractivity contribution in [2.24, 2.45) is 0 Å². The molecule has 0 saturated carbocycles. The van der Waals surface area contributed by atoms with Crippen LogP contribution in [0.5, 0.6) is 11.5 Å². The predicted molar refractivity (Wildman–Crippen MR) is 69.4 cm³/mol. The standard InChI is InChI=1S/C13H15ClO5/c1-17-11-6-8(13(15)16)5-10(14)12(11)19-7-9-3-2-4-18-9/h5-6,9H,2-4,7H2,1H3,(H,15,16). The predicted octanol–water partition coefficient (Wildman–Crippen LogP) is 2.60. The van der Waals surface area contributed by atoms with Gasteiger partial charge in [-0.2, -0.15) is 0 Å². The summed E-state index contributed by atoms with van der Waals surface area (Å²) < 4.78 is 16.2. The van der Waals surface area contributed by atoms with Crippen LogP contribution in [-0.4, -0.2) is 37.5 Å². The first-order valence-corrected chi connectivity index (χ1v) is 6.35. The van der Waals surface area contributed by atoms with Crippen LogP contribution in [0.4, 0.5) is 0 Å². The molecular formula is C13H15ClO5. The molecular weight excluding hydrogens is 272 g/mol. The summed E-state index contributed by atoms with van der Waals surface area (Å²) in [6, 6.07) is 2.73. The lowest BCUT2D eigenvalue weighted by Crippen LogP contribution is -2.16. The van der Waals surface area contributed by atoms with E-state index in [0.29, 0.717) is 18.1 Å². The minimum Gasteiger partial charge on any atom is -0.493 e. The second-order valence-electron chi connectivity index (χ2n) is 4.24. The molecule has 19 heavy (non-hydrogen) atoms. The van der Waals surface area contributed by atoms with Gasteiger partial charge in [-0.1, -0.05) is 11.6 Å². The SMILES string of the molecule is COc1cc(C(=O)O)cc(Cl)c1OCC1CCCO1. The van der Waals surface area contributed by atoms with Gasteiger partial charge in [0.1, 0.15) is 6.61 Å². The summed E-state index contributed by atoms with van der Waals surface area (Å²) in [6.45, 7) is 1.12. The highest BCUT2D eigenvalue weighted by Crippen LogP contribution is 2.36. The highest BCUT2D eigenvalue weighted by molar-refractivity contribution is 6.32. The lowest BCUT2D eigenvalue weighted by Gasteiger charge is -2.15. The van der Waals surface area contributed by atoms with Crippen molar-refractivity contribution in [3.63, 3.8) is 0 Å². The van der Waals surface area contributed by atoms with Gasteiger partial charge in [-0.25, -0.2) is 4.79 Å². The van der Waals surface area contributed by atoms with Gasteiger partial charge in [-0.15, -0.1) is 0 Å². The van der Waals surface area contributed by atoms with E-state index in [9.17, 15) is 4.79 Å². The third-order valence-electron chi connectivity index (χ3n) is 2.91. The van der Waals surface area contributed by atoms with E-state index >= 15 is 0 Å². The zero-order valence-corrected chi connectivity index (χ0v) is 11.3. The Morgan fingerprint density at radius 2 is 2.37 bits per heavy atom. The number of hydrogen-bond acceptors (Lipinski definition) is 4. The van der Waals surface area contributed by atoms with Gasteiger partial charge in [0.05, 0.1) is 23.8 Å². The van der Waals surface area contributed by atoms with Crippen molar-refractivity contribution in [2.75, 3.05) is 20.3 Å². The number of aromatic carboxylic acids is 1. The molecule has 0 aromatic heterocycles. The molecule has 0 bridgehead atoms. The minimum atomic E-state index is -1.06. The number of methoxy groups -OCH3 is 1. The van der Waals surface area contributed by atoms with Crippen molar-refractivity contribution in [2.45, 2.75) is 18.9 Å². The number of hydrogen-bond donors (Lipinski definition) is 1. The molecule has 1 aromatic carbocycles. The molecule has 1 aliphatic heterocycles. The normalized spacial score (nSPS) is 18.3. The van der Waals surface area contributed by atoms with Crippen molar-refractivity contribution in [3.8, 4) is 11.5 Å². The molecule has 1 N–H and O–H groups in total. The second-order valence-corrected chi connectivity index (χ2v) is 4.65.